The molecule has 1 aliphatic heterocycles. The lowest BCUT2D eigenvalue weighted by Crippen LogP contribution is -2.51. The van der Waals surface area contributed by atoms with Crippen LogP contribution in [0.4, 0.5) is 0 Å². The lowest BCUT2D eigenvalue weighted by atomic mass is 10.0. The van der Waals surface area contributed by atoms with Gasteiger partial charge in [0.05, 0.1) is 12.4 Å². The molecule has 0 spiro atoms. The number of rotatable bonds is 3. The van der Waals surface area contributed by atoms with Gasteiger partial charge in [0.2, 0.25) is 5.91 Å². The normalized spacial score (nSPS) is 19.4. The van der Waals surface area contributed by atoms with Gasteiger partial charge < -0.3 is 9.47 Å². The van der Waals surface area contributed by atoms with Gasteiger partial charge in [-0.15, -0.1) is 0 Å². The van der Waals surface area contributed by atoms with Gasteiger partial charge in [-0.2, -0.15) is 4.31 Å². The summed E-state index contributed by atoms with van der Waals surface area (Å²) in [5.74, 6) is -0.0567. The first-order valence-electron chi connectivity index (χ1n) is 7.70. The summed E-state index contributed by atoms with van der Waals surface area (Å²) in [4.78, 5) is 17.6. The highest BCUT2D eigenvalue weighted by Crippen LogP contribution is 2.28. The zero-order chi connectivity index (χ0) is 17.3. The monoisotopic (exact) mass is 348 g/mol. The molecule has 1 atom stereocenters. The minimum atomic E-state index is -3.67. The van der Waals surface area contributed by atoms with Crippen molar-refractivity contribution in [2.75, 3.05) is 19.6 Å². The maximum atomic E-state index is 12.8. The standard InChI is InChI=1S/C16H20N4O3S/c1-13(21)20-9-8-19(10-15(20)14-6-4-3-5-7-14)24(22,23)16-11-18(2)12-17-16/h3-7,11-12,15H,8-10H2,1-2H3. The Bertz CT molecular complexity index is 832. The fourth-order valence-electron chi connectivity index (χ4n) is 2.97. The molecule has 1 saturated heterocycles. The number of aromatic nitrogens is 2. The Kier molecular flexibility index (Phi) is 4.42. The van der Waals surface area contributed by atoms with E-state index in [0.29, 0.717) is 6.54 Å². The van der Waals surface area contributed by atoms with E-state index in [9.17, 15) is 13.2 Å². The van der Waals surface area contributed by atoms with Gasteiger partial charge in [-0.1, -0.05) is 30.3 Å². The molecule has 1 fully saturated rings. The number of aryl methyl sites for hydroxylation is 1. The number of nitrogens with zero attached hydrogens (tertiary/aromatic N) is 4. The first-order valence-corrected chi connectivity index (χ1v) is 9.14. The molecule has 1 amide bonds. The molecule has 0 bridgehead atoms. The summed E-state index contributed by atoms with van der Waals surface area (Å²) in [6.07, 6.45) is 2.96. The average molecular weight is 348 g/mol. The Morgan fingerprint density at radius 2 is 1.92 bits per heavy atom. The van der Waals surface area contributed by atoms with Gasteiger partial charge in [0.15, 0.2) is 5.03 Å². The molecule has 128 valence electrons. The number of carbonyl (C=O) groups excluding carboxylic acids is 1. The second-order valence-electron chi connectivity index (χ2n) is 5.88. The summed E-state index contributed by atoms with van der Waals surface area (Å²) in [5.41, 5.74) is 0.925. The fourth-order valence-corrected chi connectivity index (χ4v) is 4.37. The third-order valence-corrected chi connectivity index (χ3v) is 5.97. The molecule has 2 aromatic rings. The van der Waals surface area contributed by atoms with E-state index in [-0.39, 0.29) is 30.1 Å². The number of hydrogen-bond acceptors (Lipinski definition) is 4. The van der Waals surface area contributed by atoms with Crippen molar-refractivity contribution in [2.45, 2.75) is 18.0 Å². The summed E-state index contributed by atoms with van der Waals surface area (Å²) < 4.78 is 28.6. The van der Waals surface area contributed by atoms with Gasteiger partial charge in [-0.05, 0) is 5.56 Å². The summed E-state index contributed by atoms with van der Waals surface area (Å²) in [5, 5.41) is 0.0353. The van der Waals surface area contributed by atoms with E-state index in [0.717, 1.165) is 5.56 Å². The lowest BCUT2D eigenvalue weighted by molar-refractivity contribution is -0.133. The molecule has 1 aliphatic rings. The number of sulfonamides is 1. The van der Waals surface area contributed by atoms with Crippen molar-refractivity contribution in [2.24, 2.45) is 7.05 Å². The average Bonchev–Trinajstić information content (AvgIpc) is 3.02. The van der Waals surface area contributed by atoms with Gasteiger partial charge in [0.25, 0.3) is 10.0 Å². The third-order valence-electron chi connectivity index (χ3n) is 4.22. The maximum Gasteiger partial charge on any atom is 0.262 e. The highest BCUT2D eigenvalue weighted by molar-refractivity contribution is 7.89. The molecule has 3 rings (SSSR count). The zero-order valence-corrected chi connectivity index (χ0v) is 14.5. The number of carbonyl (C=O) groups is 1. The Hall–Kier alpha value is -2.19. The largest absolute Gasteiger partial charge is 0.339 e. The van der Waals surface area contributed by atoms with Crippen molar-refractivity contribution >= 4 is 15.9 Å². The third kappa shape index (κ3) is 3.07. The van der Waals surface area contributed by atoms with Gasteiger partial charge in [-0.3, -0.25) is 4.79 Å². The van der Waals surface area contributed by atoms with E-state index in [1.54, 1.807) is 16.5 Å². The topological polar surface area (TPSA) is 75.5 Å². The number of imidazole rings is 1. The van der Waals surface area contributed by atoms with Crippen LogP contribution in [0.25, 0.3) is 0 Å². The molecule has 7 nitrogen and oxygen atoms in total. The van der Waals surface area contributed by atoms with E-state index >= 15 is 0 Å². The van der Waals surface area contributed by atoms with Crippen LogP contribution in [-0.4, -0.2) is 52.7 Å². The van der Waals surface area contributed by atoms with Crippen molar-refractivity contribution in [1.29, 1.82) is 0 Å². The molecule has 1 unspecified atom stereocenters. The summed E-state index contributed by atoms with van der Waals surface area (Å²) in [6, 6.07) is 9.21. The Labute approximate surface area is 141 Å². The smallest absolute Gasteiger partial charge is 0.262 e. The predicted octanol–water partition coefficient (Wildman–Crippen LogP) is 1.01. The number of benzene rings is 1. The second-order valence-corrected chi connectivity index (χ2v) is 7.76. The lowest BCUT2D eigenvalue weighted by Gasteiger charge is -2.40. The van der Waals surface area contributed by atoms with Crippen molar-refractivity contribution in [3.63, 3.8) is 0 Å². The molecule has 2 heterocycles. The Morgan fingerprint density at radius 3 is 2.50 bits per heavy atom. The van der Waals surface area contributed by atoms with Crippen LogP contribution in [0.15, 0.2) is 47.9 Å². The van der Waals surface area contributed by atoms with E-state index in [2.05, 4.69) is 4.98 Å². The van der Waals surface area contributed by atoms with Gasteiger partial charge in [0, 0.05) is 39.8 Å². The minimum absolute atomic E-state index is 0.0353. The molecule has 0 N–H and O–H groups in total. The van der Waals surface area contributed by atoms with Crippen molar-refractivity contribution in [1.82, 2.24) is 18.8 Å². The number of hydrogen-bond donors (Lipinski definition) is 0. The Balaban J connectivity index is 1.92. The minimum Gasteiger partial charge on any atom is -0.339 e. The van der Waals surface area contributed by atoms with Crippen LogP contribution in [0.1, 0.15) is 18.5 Å². The van der Waals surface area contributed by atoms with Crippen LogP contribution in [0.3, 0.4) is 0 Å². The van der Waals surface area contributed by atoms with Crippen molar-refractivity contribution in [3.8, 4) is 0 Å². The Morgan fingerprint density at radius 1 is 1.21 bits per heavy atom. The van der Waals surface area contributed by atoms with Crippen LogP contribution in [-0.2, 0) is 21.9 Å². The number of amides is 1. The first-order chi connectivity index (χ1) is 11.4. The van der Waals surface area contributed by atoms with Gasteiger partial charge >= 0.3 is 0 Å². The van der Waals surface area contributed by atoms with E-state index < -0.39 is 10.0 Å². The van der Waals surface area contributed by atoms with Crippen LogP contribution in [0, 0.1) is 0 Å². The van der Waals surface area contributed by atoms with Crippen LogP contribution in [0.5, 0.6) is 0 Å². The molecule has 1 aromatic heterocycles. The molecular weight excluding hydrogens is 328 g/mol. The van der Waals surface area contributed by atoms with Crippen LogP contribution < -0.4 is 0 Å². The second kappa shape index (κ2) is 6.37. The van der Waals surface area contributed by atoms with Crippen LogP contribution >= 0.6 is 0 Å². The highest BCUT2D eigenvalue weighted by atomic mass is 32.2. The van der Waals surface area contributed by atoms with Crippen molar-refractivity contribution in [3.05, 3.63) is 48.4 Å². The number of piperazine rings is 1. The highest BCUT2D eigenvalue weighted by Gasteiger charge is 2.36. The summed E-state index contributed by atoms with van der Waals surface area (Å²) in [6.45, 7) is 2.37. The first kappa shape index (κ1) is 16.7. The molecule has 24 heavy (non-hydrogen) atoms. The molecule has 8 heteroatoms. The van der Waals surface area contributed by atoms with E-state index in [1.165, 1.54) is 23.8 Å². The quantitative estimate of drug-likeness (QED) is 0.830. The van der Waals surface area contributed by atoms with Gasteiger partial charge in [0.1, 0.15) is 0 Å². The fraction of sp³-hybridized carbons (Fsp3) is 0.375. The van der Waals surface area contributed by atoms with Gasteiger partial charge in [-0.25, -0.2) is 13.4 Å². The molecular formula is C16H20N4O3S. The van der Waals surface area contributed by atoms with Crippen molar-refractivity contribution < 1.29 is 13.2 Å². The SMILES string of the molecule is CC(=O)N1CCN(S(=O)(=O)c2cn(C)cn2)CC1c1ccccc1. The van der Waals surface area contributed by atoms with E-state index in [1.807, 2.05) is 30.3 Å². The van der Waals surface area contributed by atoms with Crippen LogP contribution in [0.2, 0.25) is 0 Å². The van der Waals surface area contributed by atoms with E-state index in [4.69, 9.17) is 0 Å². The molecule has 1 aromatic carbocycles. The summed E-state index contributed by atoms with van der Waals surface area (Å²) in [7, 11) is -1.94. The molecule has 0 radical (unpaired) electrons. The molecule has 0 saturated carbocycles. The predicted molar refractivity (Wildman–Crippen MR) is 88.5 cm³/mol. The maximum absolute atomic E-state index is 12.8. The molecule has 0 aliphatic carbocycles. The zero-order valence-electron chi connectivity index (χ0n) is 13.7. The summed E-state index contributed by atoms with van der Waals surface area (Å²) >= 11 is 0.